The molecule has 2 aromatic rings. The molecule has 118 valence electrons. The highest BCUT2D eigenvalue weighted by molar-refractivity contribution is 6.08. The first-order valence-corrected chi connectivity index (χ1v) is 6.73. The summed E-state index contributed by atoms with van der Waals surface area (Å²) in [7, 11) is 0. The molecular formula is C18H13F3O2. The van der Waals surface area contributed by atoms with Crippen molar-refractivity contribution in [3.63, 3.8) is 0 Å². The molecule has 0 aliphatic carbocycles. The molecule has 5 heteroatoms. The molecule has 0 heterocycles. The van der Waals surface area contributed by atoms with Gasteiger partial charge in [0.25, 0.3) is 0 Å². The van der Waals surface area contributed by atoms with E-state index in [4.69, 9.17) is 0 Å². The average molecular weight is 318 g/mol. The third-order valence-electron chi connectivity index (χ3n) is 3.19. The van der Waals surface area contributed by atoms with Crippen LogP contribution in [0.3, 0.4) is 0 Å². The molecule has 1 unspecified atom stereocenters. The molecule has 0 aliphatic heterocycles. The number of hydrogen-bond acceptors (Lipinski definition) is 2. The van der Waals surface area contributed by atoms with E-state index in [0.29, 0.717) is 18.1 Å². The zero-order valence-corrected chi connectivity index (χ0v) is 12.2. The Morgan fingerprint density at radius 2 is 1.48 bits per heavy atom. The van der Waals surface area contributed by atoms with Crippen LogP contribution in [0.4, 0.5) is 13.2 Å². The van der Waals surface area contributed by atoms with Gasteiger partial charge in [-0.05, 0) is 31.2 Å². The highest BCUT2D eigenvalue weighted by Gasteiger charge is 2.48. The number of carbonyl (C=O) groups is 1. The van der Waals surface area contributed by atoms with Crippen LogP contribution in [-0.2, 0) is 0 Å². The van der Waals surface area contributed by atoms with Gasteiger partial charge in [-0.25, -0.2) is 0 Å². The summed E-state index contributed by atoms with van der Waals surface area (Å²) in [4.78, 5) is 12.2. The normalized spacial score (nSPS) is 13.6. The molecule has 1 N–H and O–H groups in total. The molecule has 0 amide bonds. The van der Waals surface area contributed by atoms with Crippen LogP contribution in [-0.4, -0.2) is 22.7 Å². The predicted molar refractivity (Wildman–Crippen MR) is 79.9 cm³/mol. The van der Waals surface area contributed by atoms with Crippen molar-refractivity contribution < 1.29 is 23.1 Å². The number of hydrogen-bond donors (Lipinski definition) is 1. The Hall–Kier alpha value is -2.58. The lowest BCUT2D eigenvalue weighted by atomic mass is 10.0. The first kappa shape index (κ1) is 16.8. The zero-order chi connectivity index (χ0) is 17.1. The zero-order valence-electron chi connectivity index (χ0n) is 12.2. The standard InChI is InChI=1S/C18H13F3O2/c1-17(23,18(19,20)21)12-11-13-7-9-15(10-8-13)16(22)14-5-3-2-4-6-14/h2-10,23H,1H3. The topological polar surface area (TPSA) is 37.3 Å². The predicted octanol–water partition coefficient (Wildman–Crippen LogP) is 3.58. The van der Waals surface area contributed by atoms with Gasteiger partial charge in [-0.2, -0.15) is 13.2 Å². The van der Waals surface area contributed by atoms with Gasteiger partial charge in [0, 0.05) is 16.7 Å². The molecule has 0 radical (unpaired) electrons. The molecule has 0 fully saturated rings. The second kappa shape index (κ2) is 6.27. The van der Waals surface area contributed by atoms with Crippen molar-refractivity contribution in [2.45, 2.75) is 18.7 Å². The maximum atomic E-state index is 12.5. The number of rotatable bonds is 2. The van der Waals surface area contributed by atoms with Gasteiger partial charge < -0.3 is 5.11 Å². The van der Waals surface area contributed by atoms with Crippen LogP contribution < -0.4 is 0 Å². The highest BCUT2D eigenvalue weighted by atomic mass is 19.4. The summed E-state index contributed by atoms with van der Waals surface area (Å²) in [5, 5.41) is 9.25. The molecule has 2 nitrogen and oxygen atoms in total. The smallest absolute Gasteiger partial charge is 0.370 e. The van der Waals surface area contributed by atoms with E-state index in [2.05, 4.69) is 5.92 Å². The van der Waals surface area contributed by atoms with Crippen molar-refractivity contribution in [2.24, 2.45) is 0 Å². The van der Waals surface area contributed by atoms with Crippen LogP contribution in [0.5, 0.6) is 0 Å². The summed E-state index contributed by atoms with van der Waals surface area (Å²) >= 11 is 0. The molecule has 2 aromatic carbocycles. The van der Waals surface area contributed by atoms with Crippen LogP contribution in [0.1, 0.15) is 28.4 Å². The van der Waals surface area contributed by atoms with Gasteiger partial charge in [0.15, 0.2) is 5.78 Å². The van der Waals surface area contributed by atoms with Crippen molar-refractivity contribution in [2.75, 3.05) is 0 Å². The van der Waals surface area contributed by atoms with Crippen LogP contribution in [0.25, 0.3) is 0 Å². The number of aliphatic hydroxyl groups is 1. The number of benzene rings is 2. The van der Waals surface area contributed by atoms with Crippen molar-refractivity contribution in [1.29, 1.82) is 0 Å². The van der Waals surface area contributed by atoms with Gasteiger partial charge >= 0.3 is 6.18 Å². The lowest BCUT2D eigenvalue weighted by molar-refractivity contribution is -0.228. The second-order valence-corrected chi connectivity index (χ2v) is 5.09. The summed E-state index contributed by atoms with van der Waals surface area (Å²) in [6.07, 6.45) is -4.83. The lowest BCUT2D eigenvalue weighted by Gasteiger charge is -2.19. The number of ketones is 1. The van der Waals surface area contributed by atoms with E-state index in [-0.39, 0.29) is 11.3 Å². The Balaban J connectivity index is 2.20. The monoisotopic (exact) mass is 318 g/mol. The number of halogens is 3. The van der Waals surface area contributed by atoms with Gasteiger partial charge in [-0.1, -0.05) is 42.2 Å². The summed E-state index contributed by atoms with van der Waals surface area (Å²) in [5.41, 5.74) is -1.87. The maximum Gasteiger partial charge on any atom is 0.428 e. The summed E-state index contributed by atoms with van der Waals surface area (Å²) < 4.78 is 37.5. The third kappa shape index (κ3) is 3.99. The molecule has 2 rings (SSSR count). The quantitative estimate of drug-likeness (QED) is 0.679. The highest BCUT2D eigenvalue weighted by Crippen LogP contribution is 2.29. The Morgan fingerprint density at radius 3 is 2.00 bits per heavy atom. The molecule has 0 aliphatic rings. The summed E-state index contributed by atoms with van der Waals surface area (Å²) in [5.74, 6) is 3.87. The minimum atomic E-state index is -4.83. The van der Waals surface area contributed by atoms with E-state index in [1.807, 2.05) is 0 Å². The van der Waals surface area contributed by atoms with E-state index in [1.165, 1.54) is 24.3 Å². The Kier molecular flexibility index (Phi) is 4.57. The largest absolute Gasteiger partial charge is 0.428 e. The van der Waals surface area contributed by atoms with Crippen LogP contribution in [0.2, 0.25) is 0 Å². The fourth-order valence-corrected chi connectivity index (χ4v) is 1.73. The Labute approximate surface area is 131 Å². The minimum absolute atomic E-state index is 0.188. The van der Waals surface area contributed by atoms with E-state index in [0.717, 1.165) is 0 Å². The molecule has 0 aromatic heterocycles. The van der Waals surface area contributed by atoms with E-state index in [1.54, 1.807) is 36.3 Å². The fraction of sp³-hybridized carbons (Fsp3) is 0.167. The van der Waals surface area contributed by atoms with Gasteiger partial charge in [0.2, 0.25) is 5.60 Å². The van der Waals surface area contributed by atoms with Crippen molar-refractivity contribution in [3.05, 3.63) is 71.3 Å². The molecule has 0 bridgehead atoms. The second-order valence-electron chi connectivity index (χ2n) is 5.09. The van der Waals surface area contributed by atoms with Crippen LogP contribution in [0, 0.1) is 11.8 Å². The van der Waals surface area contributed by atoms with Gasteiger partial charge in [0.1, 0.15) is 0 Å². The van der Waals surface area contributed by atoms with Gasteiger partial charge in [-0.3, -0.25) is 4.79 Å². The first-order valence-electron chi connectivity index (χ1n) is 6.73. The lowest BCUT2D eigenvalue weighted by Crippen LogP contribution is -2.40. The van der Waals surface area contributed by atoms with Crippen molar-refractivity contribution in [3.8, 4) is 11.8 Å². The molecule has 23 heavy (non-hydrogen) atoms. The summed E-state index contributed by atoms with van der Waals surface area (Å²) in [6.45, 7) is 0.591. The minimum Gasteiger partial charge on any atom is -0.370 e. The molecule has 0 saturated carbocycles. The SMILES string of the molecule is CC(O)(C#Cc1ccc(C(=O)c2ccccc2)cc1)C(F)(F)F. The van der Waals surface area contributed by atoms with Crippen molar-refractivity contribution in [1.82, 2.24) is 0 Å². The van der Waals surface area contributed by atoms with E-state index >= 15 is 0 Å². The molecule has 0 saturated heterocycles. The third-order valence-corrected chi connectivity index (χ3v) is 3.19. The van der Waals surface area contributed by atoms with Gasteiger partial charge in [-0.15, -0.1) is 0 Å². The first-order chi connectivity index (χ1) is 10.7. The molecule has 0 spiro atoms. The van der Waals surface area contributed by atoms with Crippen LogP contribution in [0.15, 0.2) is 54.6 Å². The van der Waals surface area contributed by atoms with Crippen molar-refractivity contribution >= 4 is 5.78 Å². The van der Waals surface area contributed by atoms with Crippen LogP contribution >= 0.6 is 0 Å². The molecule has 1 atom stereocenters. The molecular weight excluding hydrogens is 305 g/mol. The average Bonchev–Trinajstić information content (AvgIpc) is 2.52. The van der Waals surface area contributed by atoms with Gasteiger partial charge in [0.05, 0.1) is 0 Å². The maximum absolute atomic E-state index is 12.5. The Morgan fingerprint density at radius 1 is 0.957 bits per heavy atom. The van der Waals surface area contributed by atoms with E-state index in [9.17, 15) is 23.1 Å². The fourth-order valence-electron chi connectivity index (χ4n) is 1.73. The van der Waals surface area contributed by atoms with E-state index < -0.39 is 11.8 Å². The summed E-state index contributed by atoms with van der Waals surface area (Å²) in [6, 6.07) is 14.5. The number of carbonyl (C=O) groups excluding carboxylic acids is 1. The number of alkyl halides is 3. The Bertz CT molecular complexity index is 749.